The summed E-state index contributed by atoms with van der Waals surface area (Å²) in [5.74, 6) is -0.0718. The van der Waals surface area contributed by atoms with E-state index in [2.05, 4.69) is 33.7 Å². The van der Waals surface area contributed by atoms with Crippen LogP contribution in [-0.4, -0.2) is 51.9 Å². The molecule has 7 nitrogen and oxygen atoms in total. The van der Waals surface area contributed by atoms with E-state index in [0.29, 0.717) is 17.4 Å². The number of benzene rings is 1. The molecule has 8 heteroatoms. The lowest BCUT2D eigenvalue weighted by Gasteiger charge is -2.38. The van der Waals surface area contributed by atoms with Crippen LogP contribution in [0.3, 0.4) is 0 Å². The number of rotatable bonds is 5. The van der Waals surface area contributed by atoms with Crippen LogP contribution >= 0.6 is 0 Å². The van der Waals surface area contributed by atoms with Gasteiger partial charge >= 0.3 is 0 Å². The first kappa shape index (κ1) is 17.5. The van der Waals surface area contributed by atoms with Crippen molar-refractivity contribution >= 4 is 17.6 Å². The van der Waals surface area contributed by atoms with Gasteiger partial charge in [-0.2, -0.15) is 9.67 Å². The zero-order valence-electron chi connectivity index (χ0n) is 14.8. The molecule has 0 atom stereocenters. The molecule has 0 unspecified atom stereocenters. The van der Waals surface area contributed by atoms with E-state index in [9.17, 15) is 4.39 Å². The number of hydrogen-bond donors (Lipinski definition) is 2. The van der Waals surface area contributed by atoms with E-state index in [0.717, 1.165) is 39.0 Å². The van der Waals surface area contributed by atoms with Gasteiger partial charge in [-0.15, -0.1) is 5.10 Å². The zero-order valence-corrected chi connectivity index (χ0v) is 14.8. The Morgan fingerprint density at radius 3 is 2.40 bits per heavy atom. The molecule has 0 radical (unpaired) electrons. The Balaban J connectivity index is 1.73. The highest BCUT2D eigenvalue weighted by molar-refractivity contribution is 5.54. The molecule has 1 fully saturated rings. The van der Waals surface area contributed by atoms with Crippen molar-refractivity contribution in [3.8, 4) is 5.69 Å². The average Bonchev–Trinajstić information content (AvgIpc) is 2.95. The molecule has 136 valence electrons. The Labute approximate surface area is 147 Å². The highest BCUT2D eigenvalue weighted by atomic mass is 19.1. The summed E-state index contributed by atoms with van der Waals surface area (Å²) in [6.45, 7) is 8.22. The molecule has 0 bridgehead atoms. The Kier molecular flexibility index (Phi) is 5.08. The van der Waals surface area contributed by atoms with Gasteiger partial charge in [0.1, 0.15) is 5.82 Å². The fourth-order valence-electron chi connectivity index (χ4n) is 3.63. The van der Waals surface area contributed by atoms with Crippen molar-refractivity contribution in [1.29, 1.82) is 0 Å². The van der Waals surface area contributed by atoms with Crippen LogP contribution in [0.5, 0.6) is 0 Å². The van der Waals surface area contributed by atoms with E-state index in [4.69, 9.17) is 11.5 Å². The second kappa shape index (κ2) is 7.26. The summed E-state index contributed by atoms with van der Waals surface area (Å²) >= 11 is 0. The fraction of sp³-hybridized carbons (Fsp3) is 0.529. The number of nitrogen functional groups attached to an aromatic ring is 2. The summed E-state index contributed by atoms with van der Waals surface area (Å²) in [4.78, 5) is 8.43. The molecule has 0 saturated carbocycles. The second-order valence-electron chi connectivity index (χ2n) is 6.32. The number of aromatic nitrogens is 3. The normalized spacial score (nSPS) is 15.9. The minimum atomic E-state index is -0.285. The average molecular weight is 347 g/mol. The maximum Gasteiger partial charge on any atom is 0.241 e. The van der Waals surface area contributed by atoms with Gasteiger partial charge in [-0.05, 0) is 38.1 Å². The zero-order chi connectivity index (χ0) is 18.0. The molecule has 25 heavy (non-hydrogen) atoms. The lowest BCUT2D eigenvalue weighted by atomic mass is 10.0. The molecular weight excluding hydrogens is 321 g/mol. The van der Waals surface area contributed by atoms with Gasteiger partial charge in [-0.25, -0.2) is 4.39 Å². The van der Waals surface area contributed by atoms with E-state index in [-0.39, 0.29) is 17.7 Å². The van der Waals surface area contributed by atoms with E-state index in [1.807, 2.05) is 0 Å². The van der Waals surface area contributed by atoms with Crippen LogP contribution in [0.2, 0.25) is 0 Å². The first-order valence-corrected chi connectivity index (χ1v) is 8.80. The quantitative estimate of drug-likeness (QED) is 0.858. The van der Waals surface area contributed by atoms with Crippen LogP contribution in [-0.2, 0) is 0 Å². The van der Waals surface area contributed by atoms with Gasteiger partial charge in [0.2, 0.25) is 11.9 Å². The molecule has 0 amide bonds. The highest BCUT2D eigenvalue weighted by Gasteiger charge is 2.24. The molecule has 2 heterocycles. The van der Waals surface area contributed by atoms with Gasteiger partial charge in [-0.1, -0.05) is 13.8 Å². The molecule has 3 rings (SSSR count). The second-order valence-corrected chi connectivity index (χ2v) is 6.32. The number of hydrogen-bond acceptors (Lipinski definition) is 6. The summed E-state index contributed by atoms with van der Waals surface area (Å²) in [6, 6.07) is 5.58. The van der Waals surface area contributed by atoms with Crippen LogP contribution in [0.15, 0.2) is 18.2 Å². The van der Waals surface area contributed by atoms with Crippen molar-refractivity contribution in [3.63, 3.8) is 0 Å². The lowest BCUT2D eigenvalue weighted by molar-refractivity contribution is 0.186. The third-order valence-corrected chi connectivity index (χ3v) is 4.96. The monoisotopic (exact) mass is 347 g/mol. The topological polar surface area (TPSA) is 89.2 Å². The SMILES string of the molecule is CCN(CC)C1CCN(c2ccc(-n3nc(N)nc3N)cc2F)CC1. The Bertz CT molecular complexity index is 718. The van der Waals surface area contributed by atoms with Crippen molar-refractivity contribution in [3.05, 3.63) is 24.0 Å². The van der Waals surface area contributed by atoms with Gasteiger partial charge in [0.15, 0.2) is 0 Å². The van der Waals surface area contributed by atoms with Gasteiger partial charge < -0.3 is 21.3 Å². The maximum atomic E-state index is 14.7. The molecule has 1 aromatic heterocycles. The molecule has 2 aromatic rings. The number of nitrogens with zero attached hydrogens (tertiary/aromatic N) is 5. The first-order chi connectivity index (χ1) is 12.0. The van der Waals surface area contributed by atoms with Crippen molar-refractivity contribution < 1.29 is 4.39 Å². The molecule has 1 aromatic carbocycles. The summed E-state index contributed by atoms with van der Waals surface area (Å²) in [7, 11) is 0. The summed E-state index contributed by atoms with van der Waals surface area (Å²) in [6.07, 6.45) is 2.10. The standard InChI is InChI=1S/C17H26FN7/c1-3-23(4-2)12-7-9-24(10-8-12)15-6-5-13(11-14(15)18)25-17(20)21-16(19)22-25/h5-6,11-12H,3-4,7-10H2,1-2H3,(H4,19,20,21,22). The van der Waals surface area contributed by atoms with Gasteiger partial charge in [0.25, 0.3) is 0 Å². The predicted octanol–water partition coefficient (Wildman–Crippen LogP) is 1.88. The van der Waals surface area contributed by atoms with Gasteiger partial charge in [-0.3, -0.25) is 0 Å². The van der Waals surface area contributed by atoms with E-state index in [1.165, 1.54) is 10.7 Å². The molecule has 1 saturated heterocycles. The Morgan fingerprint density at radius 2 is 1.88 bits per heavy atom. The predicted molar refractivity (Wildman–Crippen MR) is 98.3 cm³/mol. The summed E-state index contributed by atoms with van der Waals surface area (Å²) in [5.41, 5.74) is 12.4. The molecular formula is C17H26FN7. The largest absolute Gasteiger partial charge is 0.369 e. The van der Waals surface area contributed by atoms with Crippen LogP contribution < -0.4 is 16.4 Å². The van der Waals surface area contributed by atoms with Crippen molar-refractivity contribution in [1.82, 2.24) is 19.7 Å². The number of anilines is 3. The van der Waals surface area contributed by atoms with E-state index < -0.39 is 0 Å². The summed E-state index contributed by atoms with van der Waals surface area (Å²) in [5, 5.41) is 3.98. The van der Waals surface area contributed by atoms with Crippen LogP contribution in [0.4, 0.5) is 22.0 Å². The van der Waals surface area contributed by atoms with Gasteiger partial charge in [0.05, 0.1) is 11.4 Å². The third-order valence-electron chi connectivity index (χ3n) is 4.96. The molecule has 0 spiro atoms. The fourth-order valence-corrected chi connectivity index (χ4v) is 3.63. The van der Waals surface area contributed by atoms with E-state index >= 15 is 0 Å². The molecule has 0 aliphatic carbocycles. The van der Waals surface area contributed by atoms with Crippen LogP contribution in [0.1, 0.15) is 26.7 Å². The van der Waals surface area contributed by atoms with E-state index in [1.54, 1.807) is 12.1 Å². The minimum absolute atomic E-state index is 0.0699. The summed E-state index contributed by atoms with van der Waals surface area (Å²) < 4.78 is 16.0. The van der Waals surface area contributed by atoms with Crippen LogP contribution in [0.25, 0.3) is 5.69 Å². The Hall–Kier alpha value is -2.35. The number of halogens is 1. The first-order valence-electron chi connectivity index (χ1n) is 8.80. The minimum Gasteiger partial charge on any atom is -0.369 e. The lowest BCUT2D eigenvalue weighted by Crippen LogP contribution is -2.45. The van der Waals surface area contributed by atoms with Crippen LogP contribution in [0, 0.1) is 5.82 Å². The third kappa shape index (κ3) is 3.53. The molecule has 1 aliphatic rings. The Morgan fingerprint density at radius 1 is 1.20 bits per heavy atom. The smallest absolute Gasteiger partial charge is 0.241 e. The molecule has 4 N–H and O–H groups in total. The number of piperidine rings is 1. The van der Waals surface area contributed by atoms with Crippen molar-refractivity contribution in [2.24, 2.45) is 0 Å². The van der Waals surface area contributed by atoms with Crippen molar-refractivity contribution in [2.75, 3.05) is 42.5 Å². The highest BCUT2D eigenvalue weighted by Crippen LogP contribution is 2.27. The number of nitrogens with two attached hydrogens (primary N) is 2. The maximum absolute atomic E-state index is 14.7. The van der Waals surface area contributed by atoms with Crippen molar-refractivity contribution in [2.45, 2.75) is 32.7 Å². The van der Waals surface area contributed by atoms with Gasteiger partial charge in [0, 0.05) is 25.2 Å². The molecule has 1 aliphatic heterocycles.